The van der Waals surface area contributed by atoms with Crippen LogP contribution in [-0.4, -0.2) is 56.9 Å². The van der Waals surface area contributed by atoms with Crippen LogP contribution in [0, 0.1) is 25.7 Å². The number of amides is 3. The number of nitrogens with one attached hydrogen (secondary N) is 2. The molecular formula is C30H37N3O4S. The molecule has 3 saturated heterocycles. The van der Waals surface area contributed by atoms with Crippen LogP contribution in [0.15, 0.2) is 48.5 Å². The summed E-state index contributed by atoms with van der Waals surface area (Å²) in [6, 6.07) is 15.1. The highest BCUT2D eigenvalue weighted by Gasteiger charge is 2.73. The molecule has 0 saturated carbocycles. The number of fused-ring (bicyclic) bond motifs is 1. The molecule has 0 aromatic heterocycles. The number of likely N-dealkylation sites (tertiary alicyclic amines) is 1. The standard InChI is InChI=1S/C30H37N3O4S/c1-19-11-12-20(2)22(17-19)32-28(36)26-30-14-13-23(38-30)24(27(35)31-18-21-9-5-3-6-10-21)25(30)29(37)33(26)15-7-4-8-16-34/h3,5-6,9-12,17,23-26,34H,4,7-8,13-16,18H2,1-2H3,(H,31,35)(H,32,36)/t23-,24+,25+,26?,30?/m1/s1. The molecule has 2 unspecified atom stereocenters. The molecule has 0 radical (unpaired) electrons. The normalized spacial score (nSPS) is 27.4. The number of aliphatic hydroxyl groups is 1. The molecule has 2 bridgehead atoms. The van der Waals surface area contributed by atoms with Crippen LogP contribution in [0.3, 0.4) is 0 Å². The molecule has 2 aromatic rings. The smallest absolute Gasteiger partial charge is 0.248 e. The molecule has 3 N–H and O–H groups in total. The van der Waals surface area contributed by atoms with Gasteiger partial charge in [0.2, 0.25) is 17.7 Å². The fraction of sp³-hybridized carbons (Fsp3) is 0.500. The molecule has 0 aliphatic carbocycles. The molecule has 3 heterocycles. The average Bonchev–Trinajstić information content (AvgIpc) is 3.55. The lowest BCUT2D eigenvalue weighted by atomic mass is 9.70. The summed E-state index contributed by atoms with van der Waals surface area (Å²) in [7, 11) is 0. The number of nitrogens with zero attached hydrogens (tertiary/aromatic N) is 1. The Morgan fingerprint density at radius 1 is 1.08 bits per heavy atom. The summed E-state index contributed by atoms with van der Waals surface area (Å²) in [6.07, 6.45) is 3.72. The number of hydrogen-bond acceptors (Lipinski definition) is 5. The van der Waals surface area contributed by atoms with Crippen molar-refractivity contribution in [1.29, 1.82) is 0 Å². The van der Waals surface area contributed by atoms with Crippen molar-refractivity contribution in [3.05, 3.63) is 65.2 Å². The SMILES string of the molecule is Cc1ccc(C)c(NC(=O)C2N(CCCCCO)C(=O)[C@@H]3[C@@H](C(=O)NCc4ccccc4)[C@H]4CCC23S4)c1. The number of benzene rings is 2. The van der Waals surface area contributed by atoms with Crippen LogP contribution in [-0.2, 0) is 20.9 Å². The van der Waals surface area contributed by atoms with Gasteiger partial charge in [-0.25, -0.2) is 0 Å². The first kappa shape index (κ1) is 26.8. The van der Waals surface area contributed by atoms with Gasteiger partial charge in [0.1, 0.15) is 6.04 Å². The number of rotatable bonds is 10. The van der Waals surface area contributed by atoms with E-state index in [0.29, 0.717) is 25.9 Å². The Morgan fingerprint density at radius 3 is 2.63 bits per heavy atom. The minimum Gasteiger partial charge on any atom is -0.396 e. The van der Waals surface area contributed by atoms with Crippen LogP contribution in [0.5, 0.6) is 0 Å². The summed E-state index contributed by atoms with van der Waals surface area (Å²) in [5.74, 6) is -1.29. The van der Waals surface area contributed by atoms with Crippen LogP contribution in [0.25, 0.3) is 0 Å². The third kappa shape index (κ3) is 4.84. The average molecular weight is 536 g/mol. The Bertz CT molecular complexity index is 1210. The van der Waals surface area contributed by atoms with Gasteiger partial charge in [0.25, 0.3) is 0 Å². The Balaban J connectivity index is 1.41. The van der Waals surface area contributed by atoms with Crippen molar-refractivity contribution in [2.75, 3.05) is 18.5 Å². The summed E-state index contributed by atoms with van der Waals surface area (Å²) in [6.45, 7) is 4.93. The topological polar surface area (TPSA) is 98.7 Å². The van der Waals surface area contributed by atoms with Gasteiger partial charge in [-0.3, -0.25) is 14.4 Å². The minimum absolute atomic E-state index is 0.0345. The minimum atomic E-state index is -0.629. The monoisotopic (exact) mass is 535 g/mol. The highest BCUT2D eigenvalue weighted by molar-refractivity contribution is 8.02. The largest absolute Gasteiger partial charge is 0.396 e. The summed E-state index contributed by atoms with van der Waals surface area (Å²) in [5, 5.41) is 15.5. The van der Waals surface area contributed by atoms with Crippen LogP contribution in [0.1, 0.15) is 48.8 Å². The van der Waals surface area contributed by atoms with Crippen molar-refractivity contribution in [3.8, 4) is 0 Å². The number of unbranched alkanes of at least 4 members (excludes halogenated alkanes) is 2. The maximum absolute atomic E-state index is 14.0. The number of aliphatic hydroxyl groups excluding tert-OH is 1. The molecule has 7 nitrogen and oxygen atoms in total. The van der Waals surface area contributed by atoms with Gasteiger partial charge in [0.15, 0.2) is 0 Å². The van der Waals surface area contributed by atoms with Gasteiger partial charge < -0.3 is 20.6 Å². The molecule has 38 heavy (non-hydrogen) atoms. The van der Waals surface area contributed by atoms with Crippen molar-refractivity contribution >= 4 is 35.2 Å². The lowest BCUT2D eigenvalue weighted by Crippen LogP contribution is -2.52. The van der Waals surface area contributed by atoms with Gasteiger partial charge in [-0.1, -0.05) is 42.5 Å². The number of carbonyl (C=O) groups is 3. The number of aryl methyl sites for hydroxylation is 2. The molecule has 5 atom stereocenters. The predicted octanol–water partition coefficient (Wildman–Crippen LogP) is 3.81. The van der Waals surface area contributed by atoms with Gasteiger partial charge in [-0.05, 0) is 68.7 Å². The number of hydrogen-bond donors (Lipinski definition) is 3. The second-order valence-corrected chi connectivity index (χ2v) is 12.5. The van der Waals surface area contributed by atoms with E-state index in [4.69, 9.17) is 0 Å². The molecular weight excluding hydrogens is 498 g/mol. The second kappa shape index (κ2) is 11.1. The molecule has 8 heteroatoms. The lowest BCUT2D eigenvalue weighted by Gasteiger charge is -2.34. The van der Waals surface area contributed by atoms with Gasteiger partial charge in [-0.15, -0.1) is 11.8 Å². The Labute approximate surface area is 228 Å². The third-order valence-electron chi connectivity index (χ3n) is 8.37. The van der Waals surface area contributed by atoms with Crippen molar-refractivity contribution < 1.29 is 19.5 Å². The second-order valence-electron chi connectivity index (χ2n) is 10.9. The van der Waals surface area contributed by atoms with Gasteiger partial charge in [0.05, 0.1) is 16.6 Å². The van der Waals surface area contributed by atoms with E-state index in [0.717, 1.165) is 41.6 Å². The van der Waals surface area contributed by atoms with E-state index in [1.54, 1.807) is 16.7 Å². The summed E-state index contributed by atoms with van der Waals surface area (Å²) < 4.78 is -0.602. The summed E-state index contributed by atoms with van der Waals surface area (Å²) in [4.78, 5) is 43.3. The summed E-state index contributed by atoms with van der Waals surface area (Å²) >= 11 is 1.69. The summed E-state index contributed by atoms with van der Waals surface area (Å²) in [5.41, 5.74) is 3.80. The van der Waals surface area contributed by atoms with Crippen molar-refractivity contribution in [1.82, 2.24) is 10.2 Å². The van der Waals surface area contributed by atoms with Crippen molar-refractivity contribution in [2.24, 2.45) is 11.8 Å². The molecule has 3 amide bonds. The molecule has 3 fully saturated rings. The van der Waals surface area contributed by atoms with Crippen LogP contribution in [0.4, 0.5) is 5.69 Å². The maximum Gasteiger partial charge on any atom is 0.248 e. The van der Waals surface area contributed by atoms with Crippen LogP contribution in [0.2, 0.25) is 0 Å². The molecule has 3 aliphatic heterocycles. The molecule has 2 aromatic carbocycles. The number of thioether (sulfide) groups is 1. The van der Waals surface area contributed by atoms with E-state index in [9.17, 15) is 19.5 Å². The van der Waals surface area contributed by atoms with E-state index in [2.05, 4.69) is 10.6 Å². The van der Waals surface area contributed by atoms with E-state index in [-0.39, 0.29) is 29.6 Å². The highest BCUT2D eigenvalue weighted by atomic mass is 32.2. The lowest BCUT2D eigenvalue weighted by molar-refractivity contribution is -0.139. The van der Waals surface area contributed by atoms with Crippen LogP contribution < -0.4 is 10.6 Å². The third-order valence-corrected chi connectivity index (χ3v) is 10.3. The Hall–Kier alpha value is -2.84. The van der Waals surface area contributed by atoms with E-state index >= 15 is 0 Å². The quantitative estimate of drug-likeness (QED) is 0.402. The Kier molecular flexibility index (Phi) is 7.82. The zero-order valence-corrected chi connectivity index (χ0v) is 22.9. The van der Waals surface area contributed by atoms with E-state index in [1.807, 2.05) is 62.4 Å². The zero-order chi connectivity index (χ0) is 26.9. The van der Waals surface area contributed by atoms with Gasteiger partial charge >= 0.3 is 0 Å². The fourth-order valence-corrected chi connectivity index (χ4v) is 8.76. The highest BCUT2D eigenvalue weighted by Crippen LogP contribution is 2.66. The van der Waals surface area contributed by atoms with Crippen LogP contribution >= 0.6 is 11.8 Å². The molecule has 3 aliphatic rings. The van der Waals surface area contributed by atoms with Crippen molar-refractivity contribution in [3.63, 3.8) is 0 Å². The number of carbonyl (C=O) groups excluding carboxylic acids is 3. The molecule has 202 valence electrons. The molecule has 5 rings (SSSR count). The van der Waals surface area contributed by atoms with Gasteiger partial charge in [-0.2, -0.15) is 0 Å². The van der Waals surface area contributed by atoms with E-state index in [1.165, 1.54) is 0 Å². The fourth-order valence-electron chi connectivity index (χ4n) is 6.54. The number of anilines is 1. The van der Waals surface area contributed by atoms with Gasteiger partial charge in [0, 0.05) is 30.6 Å². The Morgan fingerprint density at radius 2 is 1.87 bits per heavy atom. The zero-order valence-electron chi connectivity index (χ0n) is 22.1. The molecule has 1 spiro atoms. The first-order valence-corrected chi connectivity index (χ1v) is 14.5. The van der Waals surface area contributed by atoms with Crippen molar-refractivity contribution in [2.45, 2.75) is 68.5 Å². The van der Waals surface area contributed by atoms with E-state index < -0.39 is 22.6 Å². The first-order valence-electron chi connectivity index (χ1n) is 13.6. The first-order chi connectivity index (χ1) is 18.4. The predicted molar refractivity (Wildman–Crippen MR) is 150 cm³/mol. The maximum atomic E-state index is 14.0.